The lowest BCUT2D eigenvalue weighted by atomic mass is 10.0. The number of carboxylic acids is 1. The number of nitrogens with one attached hydrogen (secondary N) is 1. The van der Waals surface area contributed by atoms with Crippen LogP contribution < -0.4 is 4.72 Å². The fourth-order valence-corrected chi connectivity index (χ4v) is 3.83. The third-order valence-corrected chi connectivity index (χ3v) is 5.46. The second kappa shape index (κ2) is 8.73. The van der Waals surface area contributed by atoms with Crippen molar-refractivity contribution in [3.05, 3.63) is 65.7 Å². The van der Waals surface area contributed by atoms with Crippen molar-refractivity contribution in [3.63, 3.8) is 0 Å². The number of carbonyl (C=O) groups excluding carboxylic acids is 1. The number of aliphatic carboxylic acids is 1. The molecular formula is C19H21NO5S. The molecule has 0 bridgehead atoms. The van der Waals surface area contributed by atoms with E-state index >= 15 is 0 Å². The van der Waals surface area contributed by atoms with Crippen LogP contribution in [-0.4, -0.2) is 31.3 Å². The van der Waals surface area contributed by atoms with E-state index in [0.29, 0.717) is 12.0 Å². The normalized spacial score (nSPS) is 12.5. The highest BCUT2D eigenvalue weighted by Crippen LogP contribution is 2.15. The van der Waals surface area contributed by atoms with Gasteiger partial charge >= 0.3 is 5.97 Å². The highest BCUT2D eigenvalue weighted by atomic mass is 32.2. The highest BCUT2D eigenvalue weighted by Gasteiger charge is 2.21. The third kappa shape index (κ3) is 5.79. The molecular weight excluding hydrogens is 354 g/mol. The molecule has 0 saturated carbocycles. The summed E-state index contributed by atoms with van der Waals surface area (Å²) in [4.78, 5) is 22.2. The van der Waals surface area contributed by atoms with Gasteiger partial charge in [0.2, 0.25) is 10.0 Å². The fraction of sp³-hybridized carbons (Fsp3) is 0.263. The van der Waals surface area contributed by atoms with Crippen LogP contribution in [0.2, 0.25) is 0 Å². The molecule has 0 fully saturated rings. The zero-order valence-electron chi connectivity index (χ0n) is 14.4. The Morgan fingerprint density at radius 1 is 1.04 bits per heavy atom. The molecule has 2 aromatic rings. The molecule has 0 heterocycles. The van der Waals surface area contributed by atoms with Crippen molar-refractivity contribution in [2.45, 2.75) is 37.1 Å². The van der Waals surface area contributed by atoms with E-state index in [-0.39, 0.29) is 23.5 Å². The van der Waals surface area contributed by atoms with Crippen molar-refractivity contribution >= 4 is 21.8 Å². The lowest BCUT2D eigenvalue weighted by molar-refractivity contribution is -0.137. The maximum absolute atomic E-state index is 12.6. The van der Waals surface area contributed by atoms with Crippen molar-refractivity contribution in [1.29, 1.82) is 0 Å². The Hall–Kier alpha value is -2.51. The zero-order chi connectivity index (χ0) is 19.2. The predicted molar refractivity (Wildman–Crippen MR) is 97.6 cm³/mol. The maximum atomic E-state index is 12.6. The monoisotopic (exact) mass is 375 g/mol. The van der Waals surface area contributed by atoms with Crippen molar-refractivity contribution in [1.82, 2.24) is 4.72 Å². The summed E-state index contributed by atoms with van der Waals surface area (Å²) in [5.74, 6) is -1.13. The van der Waals surface area contributed by atoms with Crippen LogP contribution in [0.3, 0.4) is 0 Å². The lowest BCUT2D eigenvalue weighted by Gasteiger charge is -2.18. The summed E-state index contributed by atoms with van der Waals surface area (Å²) in [5, 5.41) is 8.92. The van der Waals surface area contributed by atoms with Gasteiger partial charge in [0.25, 0.3) is 0 Å². The third-order valence-electron chi connectivity index (χ3n) is 3.92. The minimum Gasteiger partial charge on any atom is -0.481 e. The first-order valence-corrected chi connectivity index (χ1v) is 9.65. The summed E-state index contributed by atoms with van der Waals surface area (Å²) in [6.45, 7) is 1.41. The van der Waals surface area contributed by atoms with Crippen molar-refractivity contribution in [3.8, 4) is 0 Å². The number of carboxylic acid groups (broad SMARTS) is 1. The van der Waals surface area contributed by atoms with Gasteiger partial charge in [-0.2, -0.15) is 0 Å². The first kappa shape index (κ1) is 19.8. The molecule has 0 radical (unpaired) electrons. The van der Waals surface area contributed by atoms with Crippen LogP contribution in [0.1, 0.15) is 35.7 Å². The zero-order valence-corrected chi connectivity index (χ0v) is 15.2. The lowest BCUT2D eigenvalue weighted by Crippen LogP contribution is -2.36. The van der Waals surface area contributed by atoms with Crippen LogP contribution in [-0.2, 0) is 21.2 Å². The molecule has 0 aromatic heterocycles. The largest absolute Gasteiger partial charge is 0.481 e. The number of rotatable bonds is 9. The number of Topliss-reactive ketones (excluding diaryl/α,β-unsaturated/α-hetero) is 1. The van der Waals surface area contributed by atoms with Crippen molar-refractivity contribution in [2.24, 2.45) is 0 Å². The van der Waals surface area contributed by atoms with Crippen LogP contribution in [0.4, 0.5) is 0 Å². The number of hydrogen-bond acceptors (Lipinski definition) is 4. The molecule has 0 spiro atoms. The summed E-state index contributed by atoms with van der Waals surface area (Å²) < 4.78 is 27.8. The second-order valence-electron chi connectivity index (χ2n) is 6.02. The van der Waals surface area contributed by atoms with E-state index in [1.807, 2.05) is 30.3 Å². The van der Waals surface area contributed by atoms with Crippen LogP contribution >= 0.6 is 0 Å². The molecule has 1 atom stereocenters. The summed E-state index contributed by atoms with van der Waals surface area (Å²) in [6.07, 6.45) is 0.428. The number of benzene rings is 2. The molecule has 2 rings (SSSR count). The van der Waals surface area contributed by atoms with Gasteiger partial charge in [0.15, 0.2) is 5.78 Å². The van der Waals surface area contributed by atoms with Gasteiger partial charge in [-0.1, -0.05) is 42.5 Å². The van der Waals surface area contributed by atoms with Gasteiger partial charge in [-0.05, 0) is 37.5 Å². The molecule has 2 N–H and O–H groups in total. The maximum Gasteiger partial charge on any atom is 0.303 e. The molecule has 0 aliphatic rings. The Kier molecular flexibility index (Phi) is 6.65. The molecule has 138 valence electrons. The summed E-state index contributed by atoms with van der Waals surface area (Å²) >= 11 is 0. The number of hydrogen-bond donors (Lipinski definition) is 2. The Balaban J connectivity index is 2.18. The summed E-state index contributed by atoms with van der Waals surface area (Å²) in [6, 6.07) is 14.4. The van der Waals surface area contributed by atoms with Gasteiger partial charge in [-0.15, -0.1) is 0 Å². The fourth-order valence-electron chi connectivity index (χ4n) is 2.56. The standard InChI is InChI=1S/C19H21NO5S/c1-14(21)16-7-10-18(11-8-16)26(24,25)20-17(9-12-19(22)23)13-15-5-3-2-4-6-15/h2-8,10-11,17,20H,9,12-13H2,1H3,(H,22,23). The summed E-state index contributed by atoms with van der Waals surface area (Å²) in [5.41, 5.74) is 1.34. The van der Waals surface area contributed by atoms with E-state index in [1.165, 1.54) is 31.2 Å². The van der Waals surface area contributed by atoms with E-state index in [4.69, 9.17) is 5.11 Å². The average molecular weight is 375 g/mol. The van der Waals surface area contributed by atoms with Gasteiger partial charge in [0.1, 0.15) is 0 Å². The minimum atomic E-state index is -3.82. The molecule has 26 heavy (non-hydrogen) atoms. The minimum absolute atomic E-state index is 0.0379. The number of carbonyl (C=O) groups is 2. The van der Waals surface area contributed by atoms with Crippen molar-refractivity contribution in [2.75, 3.05) is 0 Å². The Morgan fingerprint density at radius 2 is 1.65 bits per heavy atom. The molecule has 0 saturated heterocycles. The molecule has 2 aromatic carbocycles. The van der Waals surface area contributed by atoms with Crippen molar-refractivity contribution < 1.29 is 23.1 Å². The molecule has 7 heteroatoms. The van der Waals surface area contributed by atoms with E-state index in [0.717, 1.165) is 5.56 Å². The van der Waals surface area contributed by atoms with Gasteiger partial charge in [-0.3, -0.25) is 9.59 Å². The van der Waals surface area contributed by atoms with Gasteiger partial charge in [0.05, 0.1) is 4.90 Å². The Labute approximate surface area is 152 Å². The van der Waals surface area contributed by atoms with Crippen LogP contribution in [0.25, 0.3) is 0 Å². The quantitative estimate of drug-likeness (QED) is 0.656. The van der Waals surface area contributed by atoms with Crippen LogP contribution in [0.15, 0.2) is 59.5 Å². The Morgan fingerprint density at radius 3 is 2.19 bits per heavy atom. The molecule has 0 aliphatic carbocycles. The van der Waals surface area contributed by atoms with E-state index < -0.39 is 22.0 Å². The smallest absolute Gasteiger partial charge is 0.303 e. The van der Waals surface area contributed by atoms with E-state index in [1.54, 1.807) is 0 Å². The predicted octanol–water partition coefficient (Wildman–Crippen LogP) is 2.64. The van der Waals surface area contributed by atoms with Gasteiger partial charge in [0, 0.05) is 18.0 Å². The molecule has 0 amide bonds. The van der Waals surface area contributed by atoms with Gasteiger partial charge in [-0.25, -0.2) is 13.1 Å². The number of sulfonamides is 1. The SMILES string of the molecule is CC(=O)c1ccc(S(=O)(=O)NC(CCC(=O)O)Cc2ccccc2)cc1. The van der Waals surface area contributed by atoms with E-state index in [9.17, 15) is 18.0 Å². The highest BCUT2D eigenvalue weighted by molar-refractivity contribution is 7.89. The van der Waals surface area contributed by atoms with Crippen LogP contribution in [0.5, 0.6) is 0 Å². The summed E-state index contributed by atoms with van der Waals surface area (Å²) in [7, 11) is -3.82. The van der Waals surface area contributed by atoms with Gasteiger partial charge < -0.3 is 5.11 Å². The van der Waals surface area contributed by atoms with E-state index in [2.05, 4.69) is 4.72 Å². The van der Waals surface area contributed by atoms with Crippen LogP contribution in [0, 0.1) is 0 Å². The first-order chi connectivity index (χ1) is 12.3. The molecule has 0 aliphatic heterocycles. The second-order valence-corrected chi connectivity index (χ2v) is 7.73. The Bertz CT molecular complexity index is 861. The molecule has 6 nitrogen and oxygen atoms in total. The molecule has 1 unspecified atom stereocenters. The average Bonchev–Trinajstić information content (AvgIpc) is 2.60. The number of ketones is 1. The topological polar surface area (TPSA) is 101 Å². The first-order valence-electron chi connectivity index (χ1n) is 8.17.